The predicted octanol–water partition coefficient (Wildman–Crippen LogP) is 5.79. The van der Waals surface area contributed by atoms with Crippen LogP contribution in [0.5, 0.6) is 34.5 Å². The molecule has 0 spiro atoms. The van der Waals surface area contributed by atoms with Crippen molar-refractivity contribution >= 4 is 11.9 Å². The average Bonchev–Trinajstić information content (AvgIpc) is 2.87. The summed E-state index contributed by atoms with van der Waals surface area (Å²) in [7, 11) is 0. The predicted molar refractivity (Wildman–Crippen MR) is 141 cm³/mol. The highest BCUT2D eigenvalue weighted by atomic mass is 16.6. The molecule has 0 saturated heterocycles. The fourth-order valence-electron chi connectivity index (χ4n) is 3.82. The highest BCUT2D eigenvalue weighted by Gasteiger charge is 2.35. The van der Waals surface area contributed by atoms with E-state index in [9.17, 15) is 9.59 Å². The first kappa shape index (κ1) is 29.3. The van der Waals surface area contributed by atoms with Gasteiger partial charge in [0.1, 0.15) is 0 Å². The van der Waals surface area contributed by atoms with Gasteiger partial charge < -0.3 is 28.4 Å². The van der Waals surface area contributed by atoms with Crippen LogP contribution >= 0.6 is 0 Å². The topological polar surface area (TPSA) is 89.5 Å². The van der Waals surface area contributed by atoms with Gasteiger partial charge >= 0.3 is 11.9 Å². The lowest BCUT2D eigenvalue weighted by atomic mass is 9.76. The zero-order valence-corrected chi connectivity index (χ0v) is 22.5. The maximum absolute atomic E-state index is 11.9. The van der Waals surface area contributed by atoms with E-state index >= 15 is 0 Å². The second-order valence-electron chi connectivity index (χ2n) is 8.15. The number of hydrogen-bond acceptors (Lipinski definition) is 8. The number of ether oxygens (including phenoxy) is 6. The van der Waals surface area contributed by atoms with Gasteiger partial charge in [0.25, 0.3) is 0 Å². The van der Waals surface area contributed by atoms with Crippen molar-refractivity contribution in [2.24, 2.45) is 0 Å². The lowest BCUT2D eigenvalue weighted by Gasteiger charge is -2.32. The molecule has 0 atom stereocenters. The van der Waals surface area contributed by atoms with Gasteiger partial charge in [0, 0.05) is 28.7 Å². The number of carbonyl (C=O) groups excluding carboxylic acids is 2. The minimum atomic E-state index is -0.728. The van der Waals surface area contributed by atoms with Crippen LogP contribution in [0, 0.1) is 0 Å². The summed E-state index contributed by atoms with van der Waals surface area (Å²) < 4.78 is 34.7. The molecule has 0 bridgehead atoms. The zero-order chi connectivity index (χ0) is 27.6. The molecular formula is C29H36O8. The summed E-state index contributed by atoms with van der Waals surface area (Å²) in [5.41, 5.74) is 0.792. The standard InChI is InChI=1S/C29H36O8/c1-9-23(30)36-21-17-15-19(25(32-11-3)27(21)34-13-5)29(7,8)20-16-18-22(37-24(31)10-2)28(35-14-6)26(20)33-12-4/h9-10,15-18H,1-2,11-14H2,3-8H3. The molecule has 0 saturated carbocycles. The highest BCUT2D eigenvalue weighted by Crippen LogP contribution is 2.51. The fourth-order valence-corrected chi connectivity index (χ4v) is 3.82. The summed E-state index contributed by atoms with van der Waals surface area (Å²) in [6, 6.07) is 6.97. The Labute approximate surface area is 218 Å². The maximum Gasteiger partial charge on any atom is 0.335 e. The molecular weight excluding hydrogens is 476 g/mol. The quantitative estimate of drug-likeness (QED) is 0.179. The SMILES string of the molecule is C=CC(=O)Oc1ccc(C(C)(C)c2ccc(OC(=O)C=C)c(OCC)c2OCC)c(OCC)c1OCC. The van der Waals surface area contributed by atoms with Crippen molar-refractivity contribution in [1.82, 2.24) is 0 Å². The van der Waals surface area contributed by atoms with E-state index in [1.54, 1.807) is 12.1 Å². The normalized spacial score (nSPS) is 10.8. The van der Waals surface area contributed by atoms with Gasteiger partial charge in [-0.25, -0.2) is 9.59 Å². The van der Waals surface area contributed by atoms with Crippen LogP contribution < -0.4 is 28.4 Å². The van der Waals surface area contributed by atoms with E-state index in [1.807, 2.05) is 53.7 Å². The Hall–Kier alpha value is -3.94. The number of rotatable bonds is 14. The van der Waals surface area contributed by atoms with Crippen LogP contribution in [0.1, 0.15) is 52.7 Å². The Balaban J connectivity index is 2.83. The van der Waals surface area contributed by atoms with Crippen molar-refractivity contribution in [2.75, 3.05) is 26.4 Å². The molecule has 0 radical (unpaired) electrons. The summed E-state index contributed by atoms with van der Waals surface area (Å²) in [5.74, 6) is 0.718. The fraction of sp³-hybridized carbons (Fsp3) is 0.379. The third kappa shape index (κ3) is 6.64. The summed E-state index contributed by atoms with van der Waals surface area (Å²) in [5, 5.41) is 0. The van der Waals surface area contributed by atoms with Gasteiger partial charge in [0.2, 0.25) is 11.5 Å². The minimum Gasteiger partial charge on any atom is -0.490 e. The van der Waals surface area contributed by atoms with Crippen LogP contribution in [0.25, 0.3) is 0 Å². The first-order chi connectivity index (χ1) is 17.7. The Kier molecular flexibility index (Phi) is 10.6. The molecule has 37 heavy (non-hydrogen) atoms. The summed E-state index contributed by atoms with van der Waals surface area (Å²) in [6.45, 7) is 19.6. The lowest BCUT2D eigenvalue weighted by molar-refractivity contribution is -0.130. The van der Waals surface area contributed by atoms with Gasteiger partial charge in [0.05, 0.1) is 26.4 Å². The molecule has 0 aliphatic heterocycles. The van der Waals surface area contributed by atoms with Crippen LogP contribution in [0.4, 0.5) is 0 Å². The van der Waals surface area contributed by atoms with E-state index in [0.717, 1.165) is 23.3 Å². The third-order valence-electron chi connectivity index (χ3n) is 5.41. The number of esters is 2. The van der Waals surface area contributed by atoms with Crippen molar-refractivity contribution < 1.29 is 38.0 Å². The largest absolute Gasteiger partial charge is 0.490 e. The van der Waals surface area contributed by atoms with Gasteiger partial charge in [0.15, 0.2) is 23.0 Å². The lowest BCUT2D eigenvalue weighted by Crippen LogP contribution is -2.23. The smallest absolute Gasteiger partial charge is 0.335 e. The van der Waals surface area contributed by atoms with Gasteiger partial charge in [-0.1, -0.05) is 39.1 Å². The average molecular weight is 513 g/mol. The molecule has 0 aliphatic rings. The Bertz CT molecular complexity index is 1050. The van der Waals surface area contributed by atoms with Crippen LogP contribution in [-0.4, -0.2) is 38.4 Å². The zero-order valence-electron chi connectivity index (χ0n) is 22.5. The molecule has 0 amide bonds. The summed E-state index contributed by atoms with van der Waals surface area (Å²) in [6.07, 6.45) is 2.16. The monoisotopic (exact) mass is 512 g/mol. The van der Waals surface area contributed by atoms with Crippen LogP contribution in [0.2, 0.25) is 0 Å². The van der Waals surface area contributed by atoms with E-state index in [1.165, 1.54) is 0 Å². The van der Waals surface area contributed by atoms with Crippen molar-refractivity contribution in [3.05, 3.63) is 60.7 Å². The third-order valence-corrected chi connectivity index (χ3v) is 5.41. The van der Waals surface area contributed by atoms with Crippen LogP contribution in [-0.2, 0) is 15.0 Å². The molecule has 2 aromatic carbocycles. The van der Waals surface area contributed by atoms with Crippen molar-refractivity contribution in [1.29, 1.82) is 0 Å². The Morgan fingerprint density at radius 2 is 0.973 bits per heavy atom. The van der Waals surface area contributed by atoms with E-state index in [4.69, 9.17) is 28.4 Å². The molecule has 0 N–H and O–H groups in total. The van der Waals surface area contributed by atoms with E-state index in [2.05, 4.69) is 13.2 Å². The van der Waals surface area contributed by atoms with Crippen molar-refractivity contribution in [3.8, 4) is 34.5 Å². The van der Waals surface area contributed by atoms with Gasteiger partial charge in [-0.05, 0) is 39.8 Å². The molecule has 8 heteroatoms. The van der Waals surface area contributed by atoms with Crippen molar-refractivity contribution in [3.63, 3.8) is 0 Å². The van der Waals surface area contributed by atoms with E-state index in [-0.39, 0.29) is 11.5 Å². The van der Waals surface area contributed by atoms with Crippen molar-refractivity contribution in [2.45, 2.75) is 47.0 Å². The highest BCUT2D eigenvalue weighted by molar-refractivity contribution is 5.85. The van der Waals surface area contributed by atoms with Gasteiger partial charge in [-0.2, -0.15) is 0 Å². The van der Waals surface area contributed by atoms with E-state index < -0.39 is 17.4 Å². The molecule has 0 unspecified atom stereocenters. The molecule has 8 nitrogen and oxygen atoms in total. The molecule has 0 fully saturated rings. The second-order valence-corrected chi connectivity index (χ2v) is 8.15. The number of benzene rings is 2. The first-order valence-corrected chi connectivity index (χ1v) is 12.2. The second kappa shape index (κ2) is 13.4. The van der Waals surface area contributed by atoms with Crippen LogP contribution in [0.3, 0.4) is 0 Å². The first-order valence-electron chi connectivity index (χ1n) is 12.2. The summed E-state index contributed by atoms with van der Waals surface area (Å²) >= 11 is 0. The summed E-state index contributed by atoms with van der Waals surface area (Å²) in [4.78, 5) is 23.9. The molecule has 2 rings (SSSR count). The molecule has 0 heterocycles. The maximum atomic E-state index is 11.9. The van der Waals surface area contributed by atoms with Gasteiger partial charge in [-0.15, -0.1) is 0 Å². The Morgan fingerprint density at radius 3 is 1.27 bits per heavy atom. The van der Waals surface area contributed by atoms with Gasteiger partial charge in [-0.3, -0.25) is 0 Å². The molecule has 0 aromatic heterocycles. The Morgan fingerprint density at radius 1 is 0.649 bits per heavy atom. The van der Waals surface area contributed by atoms with E-state index in [0.29, 0.717) is 49.4 Å². The molecule has 0 aliphatic carbocycles. The minimum absolute atomic E-state index is 0.224. The molecule has 2 aromatic rings. The van der Waals surface area contributed by atoms with Crippen LogP contribution in [0.15, 0.2) is 49.6 Å². The number of carbonyl (C=O) groups is 2. The number of hydrogen-bond donors (Lipinski definition) is 0. The molecule has 200 valence electrons.